The van der Waals surface area contributed by atoms with Crippen molar-refractivity contribution in [1.82, 2.24) is 25.2 Å². The van der Waals surface area contributed by atoms with Crippen molar-refractivity contribution in [3.05, 3.63) is 42.6 Å². The van der Waals surface area contributed by atoms with Crippen LogP contribution < -0.4 is 24.8 Å². The van der Waals surface area contributed by atoms with Crippen molar-refractivity contribution < 1.29 is 41.8 Å². The van der Waals surface area contributed by atoms with Crippen molar-refractivity contribution in [1.29, 1.82) is 0 Å². The minimum atomic E-state index is -3.89. The number of aryl methyl sites for hydroxylation is 1. The highest BCUT2D eigenvalue weighted by Gasteiger charge is 2.62. The Morgan fingerprint density at radius 3 is 2.56 bits per heavy atom. The lowest BCUT2D eigenvalue weighted by molar-refractivity contribution is -0.142. The van der Waals surface area contributed by atoms with Gasteiger partial charge in [-0.15, -0.1) is 6.58 Å². The van der Waals surface area contributed by atoms with Gasteiger partial charge in [0.05, 0.1) is 25.5 Å². The van der Waals surface area contributed by atoms with Crippen molar-refractivity contribution in [3.63, 3.8) is 0 Å². The van der Waals surface area contributed by atoms with Gasteiger partial charge in [-0.25, -0.2) is 18.2 Å². The number of fused-ring (bicyclic) bond motifs is 3. The molecule has 3 heterocycles. The zero-order valence-corrected chi connectivity index (χ0v) is 32.8. The molecule has 298 valence electrons. The Kier molecular flexibility index (Phi) is 10.8. The monoisotopic (exact) mass is 779 g/mol. The maximum atomic E-state index is 14.8. The molecule has 4 fully saturated rings. The van der Waals surface area contributed by atoms with Gasteiger partial charge in [-0.1, -0.05) is 39.2 Å². The number of sulfonamides is 1. The minimum absolute atomic E-state index is 0.00508. The molecule has 4 bridgehead atoms. The average Bonchev–Trinajstić information content (AvgIpc) is 4.09. The van der Waals surface area contributed by atoms with Crippen molar-refractivity contribution in [3.8, 4) is 11.6 Å². The average molecular weight is 780 g/mol. The molecule has 1 aromatic heterocycles. The number of nitrogens with one attached hydrogen (secondary N) is 3. The number of carbonyl (C=O) groups is 4. The Morgan fingerprint density at radius 1 is 1.11 bits per heavy atom. The van der Waals surface area contributed by atoms with Crippen LogP contribution in [0.2, 0.25) is 0 Å². The Balaban J connectivity index is 1.24. The number of hydrogen-bond donors (Lipinski definition) is 3. The molecule has 4 amide bonds. The Labute approximate surface area is 322 Å². The van der Waals surface area contributed by atoms with Crippen molar-refractivity contribution >= 4 is 44.6 Å². The molecule has 3 saturated carbocycles. The molecule has 14 nitrogen and oxygen atoms in total. The summed E-state index contributed by atoms with van der Waals surface area (Å²) < 4.78 is 45.8. The van der Waals surface area contributed by atoms with E-state index in [1.165, 1.54) is 11.0 Å². The Hall–Kier alpha value is -4.40. The number of methoxy groups -OCH3 is 1. The molecule has 1 saturated heterocycles. The normalized spacial score (nSPS) is 28.9. The summed E-state index contributed by atoms with van der Waals surface area (Å²) in [6, 6.07) is 3.77. The topological polar surface area (TPSA) is 182 Å². The fourth-order valence-corrected chi connectivity index (χ4v) is 9.90. The molecule has 7 rings (SSSR count). The highest BCUT2D eigenvalue weighted by atomic mass is 32.2. The van der Waals surface area contributed by atoms with Crippen LogP contribution in [0.25, 0.3) is 10.8 Å². The number of carbonyl (C=O) groups excluding carboxylic acids is 4. The summed E-state index contributed by atoms with van der Waals surface area (Å²) >= 11 is 0. The van der Waals surface area contributed by atoms with Gasteiger partial charge in [0.15, 0.2) is 0 Å². The summed E-state index contributed by atoms with van der Waals surface area (Å²) in [6.07, 6.45) is 9.46. The number of ether oxygens (including phenoxy) is 3. The highest BCUT2D eigenvalue weighted by Crippen LogP contribution is 2.46. The summed E-state index contributed by atoms with van der Waals surface area (Å²) in [4.78, 5) is 62.3. The molecule has 3 aliphatic carbocycles. The number of rotatable bonds is 8. The maximum Gasteiger partial charge on any atom is 0.407 e. The van der Waals surface area contributed by atoms with Crippen molar-refractivity contribution in [2.45, 2.75) is 120 Å². The number of cyclic esters (lactones) is 1. The molecule has 55 heavy (non-hydrogen) atoms. The first kappa shape index (κ1) is 38.9. The zero-order chi connectivity index (χ0) is 39.1. The molecule has 5 atom stereocenters. The summed E-state index contributed by atoms with van der Waals surface area (Å²) in [5.74, 6) is -1.50. The van der Waals surface area contributed by atoms with E-state index < -0.39 is 68.7 Å². The van der Waals surface area contributed by atoms with Gasteiger partial charge in [0.1, 0.15) is 29.5 Å². The predicted molar refractivity (Wildman–Crippen MR) is 204 cm³/mol. The van der Waals surface area contributed by atoms with Crippen LogP contribution in [-0.2, 0) is 35.6 Å². The van der Waals surface area contributed by atoms with E-state index in [0.29, 0.717) is 25.1 Å². The van der Waals surface area contributed by atoms with Gasteiger partial charge < -0.3 is 29.7 Å². The fraction of sp³-hybridized carbons (Fsp3) is 0.625. The van der Waals surface area contributed by atoms with Crippen LogP contribution in [0.5, 0.6) is 11.6 Å². The van der Waals surface area contributed by atoms with Crippen LogP contribution in [0.1, 0.15) is 90.0 Å². The number of hydrogen-bond acceptors (Lipinski definition) is 10. The zero-order valence-electron chi connectivity index (χ0n) is 31.9. The van der Waals surface area contributed by atoms with Crippen LogP contribution in [0.4, 0.5) is 4.79 Å². The highest BCUT2D eigenvalue weighted by molar-refractivity contribution is 7.91. The quantitative estimate of drug-likeness (QED) is 0.327. The number of alkyl carbamates (subject to hydrolysis) is 1. The first-order valence-corrected chi connectivity index (χ1v) is 21.1. The molecule has 1 aromatic carbocycles. The lowest BCUT2D eigenvalue weighted by Gasteiger charge is -2.35. The maximum absolute atomic E-state index is 14.8. The third-order valence-electron chi connectivity index (χ3n) is 12.1. The van der Waals surface area contributed by atoms with Gasteiger partial charge in [-0.2, -0.15) is 0 Å². The van der Waals surface area contributed by atoms with E-state index in [0.717, 1.165) is 67.0 Å². The van der Waals surface area contributed by atoms with E-state index in [9.17, 15) is 27.6 Å². The second-order valence-electron chi connectivity index (χ2n) is 16.8. The minimum Gasteiger partial charge on any atom is -0.496 e. The van der Waals surface area contributed by atoms with E-state index in [2.05, 4.69) is 26.9 Å². The number of amides is 4. The standard InChI is InChI=1S/C40H53N5O9S/c1-5-27-21-40(27,37(48)44-55(50,51)29-13-14-29)43-34(46)31-20-28-22-45(31)36(47)33(24-10-7-6-8-11-24)42-38(49)53-23-39(2,3)16-9-12-26-18-30-25(19-32(26)52-4)15-17-41-35(30)54-28/h5,15,17-19,24,27-29,31,33H,1,6-14,16,20-23H2,2-4H3,(H,42,49)(H,43,46)(H,44,48)/t27-,28+,31-,33-,40+/m0/s1. The summed E-state index contributed by atoms with van der Waals surface area (Å²) in [6.45, 7) is 8.02. The molecule has 15 heteroatoms. The molecular formula is C40H53N5O9S. The van der Waals surface area contributed by atoms with E-state index in [1.807, 2.05) is 32.0 Å². The van der Waals surface area contributed by atoms with Crippen LogP contribution in [0.3, 0.4) is 0 Å². The molecular weight excluding hydrogens is 727 g/mol. The third-order valence-corrected chi connectivity index (χ3v) is 13.9. The van der Waals surface area contributed by atoms with Gasteiger partial charge in [0.25, 0.3) is 5.91 Å². The predicted octanol–water partition coefficient (Wildman–Crippen LogP) is 4.30. The van der Waals surface area contributed by atoms with E-state index in [4.69, 9.17) is 14.2 Å². The Morgan fingerprint density at radius 2 is 1.87 bits per heavy atom. The van der Waals surface area contributed by atoms with Crippen molar-refractivity contribution in [2.75, 3.05) is 20.3 Å². The lowest BCUT2D eigenvalue weighted by atomic mass is 9.83. The van der Waals surface area contributed by atoms with Crippen LogP contribution >= 0.6 is 0 Å². The second kappa shape index (κ2) is 15.3. The van der Waals surface area contributed by atoms with Crippen LogP contribution in [0, 0.1) is 17.3 Å². The first-order valence-electron chi connectivity index (χ1n) is 19.6. The number of benzene rings is 1. The van der Waals surface area contributed by atoms with Crippen LogP contribution in [-0.4, -0.2) is 91.4 Å². The Bertz CT molecular complexity index is 1960. The van der Waals surface area contributed by atoms with Gasteiger partial charge in [-0.3, -0.25) is 19.1 Å². The number of nitrogens with zero attached hydrogens (tertiary/aromatic N) is 2. The molecule has 2 aliphatic heterocycles. The number of aromatic nitrogens is 1. The third kappa shape index (κ3) is 8.27. The molecule has 3 N–H and O–H groups in total. The summed E-state index contributed by atoms with van der Waals surface area (Å²) in [5, 5.41) is 6.72. The summed E-state index contributed by atoms with van der Waals surface area (Å²) in [7, 11) is -2.26. The molecule has 5 aliphatic rings. The fourth-order valence-electron chi connectivity index (χ4n) is 8.54. The van der Waals surface area contributed by atoms with Gasteiger partial charge >= 0.3 is 6.09 Å². The molecule has 0 spiro atoms. The van der Waals surface area contributed by atoms with Crippen LogP contribution in [0.15, 0.2) is 37.1 Å². The lowest BCUT2D eigenvalue weighted by Crippen LogP contribution is -2.59. The SMILES string of the molecule is C=C[C@H]1C[C@]1(NC(=O)[C@@H]1C[C@@H]2CN1C(=O)[C@H](C1CCCCC1)NC(=O)OCC(C)(C)CCCc1cc3c(nccc3cc1OC)O2)C(=O)NS(=O)(=O)C1CC1. The first-order chi connectivity index (χ1) is 26.2. The van der Waals surface area contributed by atoms with E-state index in [1.54, 1.807) is 13.3 Å². The summed E-state index contributed by atoms with van der Waals surface area (Å²) in [5.41, 5.74) is -0.928. The van der Waals surface area contributed by atoms with Gasteiger partial charge in [0, 0.05) is 23.9 Å². The van der Waals surface area contributed by atoms with E-state index in [-0.39, 0.29) is 37.3 Å². The van der Waals surface area contributed by atoms with Crippen molar-refractivity contribution in [2.24, 2.45) is 17.3 Å². The number of pyridine rings is 1. The van der Waals surface area contributed by atoms with Gasteiger partial charge in [-0.05, 0) is 91.8 Å². The molecule has 0 radical (unpaired) electrons. The smallest absolute Gasteiger partial charge is 0.407 e. The second-order valence-corrected chi connectivity index (χ2v) is 18.7. The van der Waals surface area contributed by atoms with Gasteiger partial charge in [0.2, 0.25) is 27.7 Å². The van der Waals surface area contributed by atoms with E-state index >= 15 is 0 Å². The molecule has 0 unspecified atom stereocenters. The molecule has 2 aromatic rings. The largest absolute Gasteiger partial charge is 0.496 e.